The molecule has 0 atom stereocenters. The molecule has 2 heterocycles. The van der Waals surface area contributed by atoms with Gasteiger partial charge >= 0.3 is 0 Å². The van der Waals surface area contributed by atoms with Gasteiger partial charge in [-0.2, -0.15) is 10.2 Å². The lowest BCUT2D eigenvalue weighted by Gasteiger charge is -2.06. The van der Waals surface area contributed by atoms with E-state index in [1.54, 1.807) is 24.2 Å². The number of hydrazone groups is 1. The minimum absolute atomic E-state index is 0.564. The zero-order valence-electron chi connectivity index (χ0n) is 14.6. The van der Waals surface area contributed by atoms with Gasteiger partial charge in [0.05, 0.1) is 30.6 Å². The van der Waals surface area contributed by atoms with Crippen LogP contribution in [0.2, 0.25) is 0 Å². The Labute approximate surface area is 155 Å². The molecule has 0 saturated heterocycles. The van der Waals surface area contributed by atoms with Crippen LogP contribution in [-0.2, 0) is 0 Å². The molecule has 0 fully saturated rings. The van der Waals surface area contributed by atoms with E-state index in [4.69, 9.17) is 10.5 Å². The van der Waals surface area contributed by atoms with Crippen molar-refractivity contribution in [2.75, 3.05) is 18.3 Å². The van der Waals surface area contributed by atoms with Crippen molar-refractivity contribution in [3.8, 4) is 11.4 Å². The van der Waals surface area contributed by atoms with Gasteiger partial charge in [0, 0.05) is 11.8 Å². The van der Waals surface area contributed by atoms with E-state index in [1.807, 2.05) is 48.5 Å². The van der Waals surface area contributed by atoms with E-state index in [1.165, 1.54) is 6.33 Å². The van der Waals surface area contributed by atoms with Crippen molar-refractivity contribution in [2.45, 2.75) is 0 Å². The molecular formula is C19H17N7O. The van der Waals surface area contributed by atoms with Gasteiger partial charge in [-0.1, -0.05) is 18.2 Å². The average Bonchev–Trinajstić information content (AvgIpc) is 3.13. The smallest absolute Gasteiger partial charge is 0.168 e. The number of nitrogens with one attached hydrogen (secondary N) is 1. The van der Waals surface area contributed by atoms with Crippen LogP contribution in [0.5, 0.6) is 5.75 Å². The van der Waals surface area contributed by atoms with Crippen molar-refractivity contribution in [2.24, 2.45) is 5.10 Å². The Morgan fingerprint density at radius 2 is 2.04 bits per heavy atom. The summed E-state index contributed by atoms with van der Waals surface area (Å²) in [6, 6.07) is 15.0. The summed E-state index contributed by atoms with van der Waals surface area (Å²) >= 11 is 0. The van der Waals surface area contributed by atoms with E-state index in [0.717, 1.165) is 22.4 Å². The van der Waals surface area contributed by atoms with Crippen LogP contribution in [0.1, 0.15) is 5.56 Å². The summed E-state index contributed by atoms with van der Waals surface area (Å²) in [5, 5.41) is 9.42. The highest BCUT2D eigenvalue weighted by atomic mass is 16.5. The number of nitrogens with two attached hydrogens (primary N) is 1. The third-order valence-corrected chi connectivity index (χ3v) is 3.96. The molecule has 0 saturated carbocycles. The second-order valence-corrected chi connectivity index (χ2v) is 5.76. The van der Waals surface area contributed by atoms with Gasteiger partial charge in [0.2, 0.25) is 0 Å². The van der Waals surface area contributed by atoms with Gasteiger partial charge in [0.15, 0.2) is 11.5 Å². The molecule has 0 spiro atoms. The first-order valence-electron chi connectivity index (χ1n) is 8.22. The third-order valence-electron chi connectivity index (χ3n) is 3.96. The summed E-state index contributed by atoms with van der Waals surface area (Å²) in [6.45, 7) is 0. The van der Waals surface area contributed by atoms with Crippen LogP contribution in [0.25, 0.3) is 16.7 Å². The topological polar surface area (TPSA) is 103 Å². The molecular weight excluding hydrogens is 342 g/mol. The highest BCUT2D eigenvalue weighted by molar-refractivity contribution is 5.88. The van der Waals surface area contributed by atoms with Crippen LogP contribution < -0.4 is 15.9 Å². The van der Waals surface area contributed by atoms with Gasteiger partial charge < -0.3 is 10.5 Å². The van der Waals surface area contributed by atoms with Crippen molar-refractivity contribution >= 4 is 28.8 Å². The fourth-order valence-electron chi connectivity index (χ4n) is 2.67. The number of nitrogen functional groups attached to an aromatic ring is 1. The zero-order chi connectivity index (χ0) is 18.6. The predicted octanol–water partition coefficient (Wildman–Crippen LogP) is 2.85. The molecule has 4 aromatic rings. The molecule has 0 amide bonds. The minimum Gasteiger partial charge on any atom is -0.497 e. The summed E-state index contributed by atoms with van der Waals surface area (Å²) in [5.41, 5.74) is 11.8. The zero-order valence-corrected chi connectivity index (χ0v) is 14.6. The van der Waals surface area contributed by atoms with E-state index in [0.29, 0.717) is 17.2 Å². The number of rotatable bonds is 5. The molecule has 0 aliphatic carbocycles. The molecule has 0 unspecified atom stereocenters. The lowest BCUT2D eigenvalue weighted by molar-refractivity contribution is 0.414. The highest BCUT2D eigenvalue weighted by Crippen LogP contribution is 2.23. The summed E-state index contributed by atoms with van der Waals surface area (Å²) < 4.78 is 7.01. The highest BCUT2D eigenvalue weighted by Gasteiger charge is 2.11. The first-order chi connectivity index (χ1) is 13.2. The van der Waals surface area contributed by atoms with Gasteiger partial charge in [-0.3, -0.25) is 5.43 Å². The molecule has 0 aliphatic rings. The van der Waals surface area contributed by atoms with Crippen molar-refractivity contribution in [1.82, 2.24) is 19.7 Å². The van der Waals surface area contributed by atoms with E-state index in [-0.39, 0.29) is 0 Å². The number of hydrogen-bond donors (Lipinski definition) is 2. The van der Waals surface area contributed by atoms with Crippen LogP contribution in [-0.4, -0.2) is 33.1 Å². The van der Waals surface area contributed by atoms with Gasteiger partial charge in [-0.05, 0) is 29.8 Å². The number of hydrogen-bond acceptors (Lipinski definition) is 7. The van der Waals surface area contributed by atoms with Crippen molar-refractivity contribution in [3.05, 3.63) is 66.6 Å². The summed E-state index contributed by atoms with van der Waals surface area (Å²) in [7, 11) is 1.63. The maximum absolute atomic E-state index is 5.77. The molecule has 0 bridgehead atoms. The SMILES string of the molecule is COc1cccc(-n2ncc3c(NN=Cc4cccc(N)c4)ncnc32)c1. The van der Waals surface area contributed by atoms with Gasteiger partial charge in [-0.25, -0.2) is 14.6 Å². The second-order valence-electron chi connectivity index (χ2n) is 5.76. The molecule has 0 radical (unpaired) electrons. The minimum atomic E-state index is 0.564. The van der Waals surface area contributed by atoms with Gasteiger partial charge in [-0.15, -0.1) is 0 Å². The number of benzene rings is 2. The molecule has 3 N–H and O–H groups in total. The number of aromatic nitrogens is 4. The Morgan fingerprint density at radius 1 is 1.15 bits per heavy atom. The molecule has 0 aliphatic heterocycles. The lowest BCUT2D eigenvalue weighted by atomic mass is 10.2. The number of ether oxygens (including phenoxy) is 1. The fraction of sp³-hybridized carbons (Fsp3) is 0.0526. The quantitative estimate of drug-likeness (QED) is 0.323. The van der Waals surface area contributed by atoms with Crippen LogP contribution in [0.15, 0.2) is 66.2 Å². The maximum atomic E-state index is 5.77. The average molecular weight is 359 g/mol. The lowest BCUT2D eigenvalue weighted by Crippen LogP contribution is -2.00. The van der Waals surface area contributed by atoms with E-state index in [9.17, 15) is 0 Å². The Morgan fingerprint density at radius 3 is 2.89 bits per heavy atom. The first kappa shape index (κ1) is 16.5. The van der Waals surface area contributed by atoms with Gasteiger partial charge in [0.25, 0.3) is 0 Å². The molecule has 134 valence electrons. The summed E-state index contributed by atoms with van der Waals surface area (Å²) in [4.78, 5) is 8.61. The van der Waals surface area contributed by atoms with E-state index < -0.39 is 0 Å². The van der Waals surface area contributed by atoms with Crippen LogP contribution in [0.3, 0.4) is 0 Å². The molecule has 8 nitrogen and oxygen atoms in total. The fourth-order valence-corrected chi connectivity index (χ4v) is 2.67. The third kappa shape index (κ3) is 3.40. The molecule has 27 heavy (non-hydrogen) atoms. The molecule has 2 aromatic carbocycles. The summed E-state index contributed by atoms with van der Waals surface area (Å²) in [6.07, 6.45) is 4.85. The number of nitrogens with zero attached hydrogens (tertiary/aromatic N) is 5. The number of methoxy groups -OCH3 is 1. The molecule has 8 heteroatoms. The normalized spacial score (nSPS) is 11.1. The predicted molar refractivity (Wildman–Crippen MR) is 105 cm³/mol. The van der Waals surface area contributed by atoms with Crippen LogP contribution >= 0.6 is 0 Å². The largest absolute Gasteiger partial charge is 0.497 e. The number of anilines is 2. The Bertz CT molecular complexity index is 1120. The monoisotopic (exact) mass is 359 g/mol. The maximum Gasteiger partial charge on any atom is 0.168 e. The van der Waals surface area contributed by atoms with E-state index in [2.05, 4.69) is 25.6 Å². The Hall–Kier alpha value is -3.94. The van der Waals surface area contributed by atoms with Crippen molar-refractivity contribution < 1.29 is 4.74 Å². The van der Waals surface area contributed by atoms with Crippen LogP contribution in [0.4, 0.5) is 11.5 Å². The van der Waals surface area contributed by atoms with Crippen LogP contribution in [0, 0.1) is 0 Å². The van der Waals surface area contributed by atoms with Crippen molar-refractivity contribution in [3.63, 3.8) is 0 Å². The van der Waals surface area contributed by atoms with Gasteiger partial charge in [0.1, 0.15) is 12.1 Å². The standard InChI is InChI=1S/C19H17N7O/c1-27-16-7-3-6-15(9-16)26-19-17(11-24-26)18(21-12-22-19)25-23-10-13-4-2-5-14(20)8-13/h2-12H,20H2,1H3,(H,21,22,25). The second kappa shape index (κ2) is 7.12. The number of fused-ring (bicyclic) bond motifs is 1. The van der Waals surface area contributed by atoms with E-state index >= 15 is 0 Å². The Kier molecular flexibility index (Phi) is 4.36. The van der Waals surface area contributed by atoms with Crippen molar-refractivity contribution in [1.29, 1.82) is 0 Å². The molecule has 4 rings (SSSR count). The summed E-state index contributed by atoms with van der Waals surface area (Å²) in [5.74, 6) is 1.31. The first-order valence-corrected chi connectivity index (χ1v) is 8.22. The molecule has 2 aromatic heterocycles. The Balaban J connectivity index is 1.64.